The van der Waals surface area contributed by atoms with E-state index in [4.69, 9.17) is 0 Å². The molecule has 0 saturated carbocycles. The minimum Gasteiger partial charge on any atom is -0.167 e. The molecule has 0 aromatic carbocycles. The molecule has 0 rings (SSSR count). The van der Waals surface area contributed by atoms with E-state index in [1.807, 2.05) is 0 Å². The van der Waals surface area contributed by atoms with Crippen molar-refractivity contribution < 1.29 is 13.2 Å². The maximum absolute atomic E-state index is 11.2. The van der Waals surface area contributed by atoms with Crippen molar-refractivity contribution in [2.75, 3.05) is 0 Å². The average Bonchev–Trinajstić information content (AvgIpc) is 1.59. The van der Waals surface area contributed by atoms with Crippen LogP contribution in [0.3, 0.4) is 0 Å². The molecular weight excluding hydrogens is 117 g/mol. The van der Waals surface area contributed by atoms with Crippen molar-refractivity contribution in [1.29, 1.82) is 0 Å². The van der Waals surface area contributed by atoms with Crippen molar-refractivity contribution in [3.63, 3.8) is 0 Å². The molecule has 3 heteroatoms. The van der Waals surface area contributed by atoms with Crippen LogP contribution in [-0.4, -0.2) is 6.18 Å². The number of allylic oxidation sites excluding steroid dienone is 2. The number of hydrogen-bond donors (Lipinski definition) is 0. The van der Waals surface area contributed by atoms with Crippen LogP contribution in [-0.2, 0) is 0 Å². The lowest BCUT2D eigenvalue weighted by atomic mass is 10.4. The van der Waals surface area contributed by atoms with E-state index < -0.39 is 6.18 Å². The van der Waals surface area contributed by atoms with Gasteiger partial charge in [-0.1, -0.05) is 13.0 Å². The Labute approximate surface area is 46.0 Å². The second-order valence-corrected chi connectivity index (χ2v) is 1.35. The highest BCUT2D eigenvalue weighted by Gasteiger charge is 2.20. The van der Waals surface area contributed by atoms with Crippen LogP contribution in [0.5, 0.6) is 0 Å². The van der Waals surface area contributed by atoms with Gasteiger partial charge in [0.15, 0.2) is 0 Å². The van der Waals surface area contributed by atoms with E-state index in [1.54, 1.807) is 6.92 Å². The average molecular weight is 124 g/mol. The Hall–Kier alpha value is -0.470. The predicted molar refractivity (Wildman–Crippen MR) is 25.5 cm³/mol. The van der Waals surface area contributed by atoms with Gasteiger partial charge in [-0.25, -0.2) is 0 Å². The number of hydrogen-bond acceptors (Lipinski definition) is 0. The molecule has 0 aromatic rings. The first-order valence-corrected chi connectivity index (χ1v) is 2.30. The highest BCUT2D eigenvalue weighted by Crippen LogP contribution is 2.15. The summed E-state index contributed by atoms with van der Waals surface area (Å²) in [6, 6.07) is 0. The highest BCUT2D eigenvalue weighted by atomic mass is 19.4. The Bertz CT molecular complexity index is 80.2. The minimum atomic E-state index is -4.13. The summed E-state index contributed by atoms with van der Waals surface area (Å²) in [6.07, 6.45) is -2.37. The Morgan fingerprint density at radius 3 is 2.00 bits per heavy atom. The molecule has 0 bridgehead atoms. The summed E-state index contributed by atoms with van der Waals surface area (Å²) in [5.41, 5.74) is 0. The summed E-state index contributed by atoms with van der Waals surface area (Å²) in [6.45, 7) is 1.66. The minimum absolute atomic E-state index is 0.243. The first kappa shape index (κ1) is 7.53. The first-order chi connectivity index (χ1) is 3.56. The molecule has 8 heavy (non-hydrogen) atoms. The van der Waals surface area contributed by atoms with E-state index in [-0.39, 0.29) is 6.08 Å². The summed E-state index contributed by atoms with van der Waals surface area (Å²) >= 11 is 0. The lowest BCUT2D eigenvalue weighted by Gasteiger charge is -1.94. The highest BCUT2D eigenvalue weighted by molar-refractivity contribution is 4.87. The fourth-order valence-corrected chi connectivity index (χ4v) is 0.251. The van der Waals surface area contributed by atoms with E-state index in [0.29, 0.717) is 6.42 Å². The lowest BCUT2D eigenvalue weighted by molar-refractivity contribution is -0.0800. The molecule has 0 nitrogen and oxygen atoms in total. The van der Waals surface area contributed by atoms with Gasteiger partial charge >= 0.3 is 6.18 Å². The van der Waals surface area contributed by atoms with E-state index in [0.717, 1.165) is 6.08 Å². The molecule has 0 N–H and O–H groups in total. The van der Waals surface area contributed by atoms with Gasteiger partial charge in [0.1, 0.15) is 0 Å². The number of rotatable bonds is 1. The summed E-state index contributed by atoms with van der Waals surface area (Å²) in [7, 11) is 0. The fourth-order valence-electron chi connectivity index (χ4n) is 0.251. The molecule has 0 amide bonds. The van der Waals surface area contributed by atoms with Gasteiger partial charge < -0.3 is 0 Å². The topological polar surface area (TPSA) is 0 Å². The largest absolute Gasteiger partial charge is 0.409 e. The first-order valence-electron chi connectivity index (χ1n) is 2.30. The van der Waals surface area contributed by atoms with Gasteiger partial charge in [0.25, 0.3) is 0 Å². The zero-order chi connectivity index (χ0) is 6.62. The van der Waals surface area contributed by atoms with E-state index in [2.05, 4.69) is 0 Å². The zero-order valence-electron chi connectivity index (χ0n) is 4.50. The Kier molecular flexibility index (Phi) is 2.58. The second kappa shape index (κ2) is 2.74. The van der Waals surface area contributed by atoms with E-state index in [1.165, 1.54) is 0 Å². The van der Waals surface area contributed by atoms with Crippen LogP contribution in [0, 0.1) is 0 Å². The van der Waals surface area contributed by atoms with Gasteiger partial charge in [0, 0.05) is 6.08 Å². The van der Waals surface area contributed by atoms with Crippen molar-refractivity contribution >= 4 is 0 Å². The molecule has 0 radical (unpaired) electrons. The normalized spacial score (nSPS) is 13.0. The summed E-state index contributed by atoms with van der Waals surface area (Å²) in [5, 5.41) is 0. The standard InChI is InChI=1S/C5H7F3/c1-2-3-4-5(6,7)8/h3-4H,2H2,1H3. The molecule has 0 aromatic heterocycles. The fraction of sp³-hybridized carbons (Fsp3) is 0.600. The van der Waals surface area contributed by atoms with Gasteiger partial charge in [-0.3, -0.25) is 0 Å². The summed E-state index contributed by atoms with van der Waals surface area (Å²) < 4.78 is 33.5. The SMILES string of the molecule is CCC=CC(F)(F)F. The third-order valence-corrected chi connectivity index (χ3v) is 0.543. The van der Waals surface area contributed by atoms with Gasteiger partial charge in [-0.15, -0.1) is 0 Å². The third kappa shape index (κ3) is 5.53. The number of alkyl halides is 3. The molecule has 0 saturated heterocycles. The molecule has 0 fully saturated rings. The van der Waals surface area contributed by atoms with Crippen molar-refractivity contribution in [1.82, 2.24) is 0 Å². The second-order valence-electron chi connectivity index (χ2n) is 1.35. The van der Waals surface area contributed by atoms with Gasteiger partial charge in [-0.2, -0.15) is 13.2 Å². The van der Waals surface area contributed by atoms with Crippen LogP contribution < -0.4 is 0 Å². The quantitative estimate of drug-likeness (QED) is 0.471. The molecular formula is C5H7F3. The van der Waals surface area contributed by atoms with Crippen molar-refractivity contribution in [2.45, 2.75) is 19.5 Å². The molecule has 48 valence electrons. The van der Waals surface area contributed by atoms with Crippen LogP contribution in [0.4, 0.5) is 13.2 Å². The van der Waals surface area contributed by atoms with Crippen molar-refractivity contribution in [3.8, 4) is 0 Å². The van der Waals surface area contributed by atoms with Crippen molar-refractivity contribution in [2.24, 2.45) is 0 Å². The third-order valence-electron chi connectivity index (χ3n) is 0.543. The number of halogens is 3. The van der Waals surface area contributed by atoms with Crippen LogP contribution in [0.1, 0.15) is 13.3 Å². The summed E-state index contributed by atoms with van der Waals surface area (Å²) in [4.78, 5) is 0. The molecule has 0 spiro atoms. The molecule has 0 unspecified atom stereocenters. The molecule has 0 aliphatic rings. The van der Waals surface area contributed by atoms with Crippen LogP contribution >= 0.6 is 0 Å². The molecule has 0 aliphatic carbocycles. The maximum Gasteiger partial charge on any atom is 0.409 e. The van der Waals surface area contributed by atoms with Crippen LogP contribution in [0.2, 0.25) is 0 Å². The predicted octanol–water partition coefficient (Wildman–Crippen LogP) is 2.51. The Morgan fingerprint density at radius 2 is 1.88 bits per heavy atom. The van der Waals surface area contributed by atoms with Crippen molar-refractivity contribution in [3.05, 3.63) is 12.2 Å². The van der Waals surface area contributed by atoms with Gasteiger partial charge in [0.2, 0.25) is 0 Å². The summed E-state index contributed by atoms with van der Waals surface area (Å²) in [5.74, 6) is 0. The van der Waals surface area contributed by atoms with Gasteiger partial charge in [0.05, 0.1) is 0 Å². The maximum atomic E-state index is 11.2. The van der Waals surface area contributed by atoms with E-state index >= 15 is 0 Å². The Balaban J connectivity index is 3.52. The molecule has 0 heterocycles. The molecule has 0 aliphatic heterocycles. The lowest BCUT2D eigenvalue weighted by Crippen LogP contribution is -1.99. The van der Waals surface area contributed by atoms with Crippen LogP contribution in [0.25, 0.3) is 0 Å². The monoisotopic (exact) mass is 124 g/mol. The molecule has 0 atom stereocenters. The van der Waals surface area contributed by atoms with E-state index in [9.17, 15) is 13.2 Å². The smallest absolute Gasteiger partial charge is 0.167 e. The Morgan fingerprint density at radius 1 is 1.38 bits per heavy atom. The van der Waals surface area contributed by atoms with Crippen LogP contribution in [0.15, 0.2) is 12.2 Å². The van der Waals surface area contributed by atoms with Gasteiger partial charge in [-0.05, 0) is 6.42 Å². The zero-order valence-corrected chi connectivity index (χ0v) is 4.50.